The van der Waals surface area contributed by atoms with Crippen molar-refractivity contribution in [1.29, 1.82) is 0 Å². The zero-order valence-corrected chi connectivity index (χ0v) is 16.6. The Kier molecular flexibility index (Phi) is 3.42. The first-order valence-electron chi connectivity index (χ1n) is 9.99. The van der Waals surface area contributed by atoms with Gasteiger partial charge in [0.1, 0.15) is 5.70 Å². The molecule has 4 saturated carbocycles. The molecule has 1 aliphatic heterocycles. The predicted octanol–water partition coefficient (Wildman–Crippen LogP) is 1.91. The molecule has 150 valence electrons. The highest BCUT2D eigenvalue weighted by molar-refractivity contribution is 7.16. The van der Waals surface area contributed by atoms with Crippen LogP contribution in [0.1, 0.15) is 44.1 Å². The Morgan fingerprint density at radius 1 is 1.14 bits per heavy atom. The van der Waals surface area contributed by atoms with E-state index in [1.54, 1.807) is 22.9 Å². The average Bonchev–Trinajstić information content (AvgIpc) is 3.17. The number of aromatic nitrogens is 1. The third kappa shape index (κ3) is 2.89. The number of fused-ring (bicyclic) bond motifs is 1. The van der Waals surface area contributed by atoms with Crippen molar-refractivity contribution in [3.63, 3.8) is 0 Å². The molecule has 5 aliphatic rings. The number of nitrogens with one attached hydrogen (secondary N) is 2. The van der Waals surface area contributed by atoms with Crippen molar-refractivity contribution in [2.24, 2.45) is 10.9 Å². The van der Waals surface area contributed by atoms with Gasteiger partial charge in [0, 0.05) is 19.3 Å². The molecule has 7 rings (SSSR count). The number of benzene rings is 1. The van der Waals surface area contributed by atoms with Crippen molar-refractivity contribution in [2.75, 3.05) is 0 Å². The SMILES string of the molecule is O=C1NC(=NC23CC4CC(O)(CC(O)(C4)C2)C3)N/C1=C\c1ccc2ncsc2c1. The van der Waals surface area contributed by atoms with E-state index in [4.69, 9.17) is 4.99 Å². The van der Waals surface area contributed by atoms with Gasteiger partial charge in [0.25, 0.3) is 5.91 Å². The normalized spacial score (nSPS) is 40.8. The lowest BCUT2D eigenvalue weighted by atomic mass is 9.49. The molecule has 4 N–H and O–H groups in total. The molecule has 2 unspecified atom stereocenters. The summed E-state index contributed by atoms with van der Waals surface area (Å²) in [6.07, 6.45) is 5.66. The summed E-state index contributed by atoms with van der Waals surface area (Å²) < 4.78 is 1.07. The zero-order chi connectivity index (χ0) is 19.9. The van der Waals surface area contributed by atoms with E-state index in [0.29, 0.717) is 30.9 Å². The minimum atomic E-state index is -0.844. The first kappa shape index (κ1) is 17.6. The Bertz CT molecular complexity index is 1090. The number of carbonyl (C=O) groups is 1. The average molecular weight is 410 g/mol. The van der Waals surface area contributed by atoms with Gasteiger partial charge in [0.15, 0.2) is 0 Å². The fourth-order valence-corrected chi connectivity index (χ4v) is 7.05. The Hall–Kier alpha value is -2.29. The Morgan fingerprint density at radius 3 is 2.69 bits per heavy atom. The van der Waals surface area contributed by atoms with Gasteiger partial charge in [-0.25, -0.2) is 9.98 Å². The topological polar surface area (TPSA) is 107 Å². The molecular formula is C21H22N4O3S. The Labute approximate surface area is 171 Å². The Balaban J connectivity index is 1.29. The lowest BCUT2D eigenvalue weighted by Gasteiger charge is -2.61. The van der Waals surface area contributed by atoms with Crippen molar-refractivity contribution >= 4 is 39.5 Å². The monoisotopic (exact) mass is 410 g/mol. The van der Waals surface area contributed by atoms with Crippen molar-refractivity contribution in [3.8, 4) is 0 Å². The van der Waals surface area contributed by atoms with E-state index in [1.807, 2.05) is 18.2 Å². The molecule has 29 heavy (non-hydrogen) atoms. The van der Waals surface area contributed by atoms with Crippen molar-refractivity contribution in [2.45, 2.75) is 55.3 Å². The van der Waals surface area contributed by atoms with Crippen LogP contribution in [0.2, 0.25) is 0 Å². The molecule has 8 heteroatoms. The molecule has 2 heterocycles. The summed E-state index contributed by atoms with van der Waals surface area (Å²) in [5.41, 5.74) is 1.90. The molecule has 1 amide bonds. The van der Waals surface area contributed by atoms with Gasteiger partial charge >= 0.3 is 0 Å². The second-order valence-corrected chi connectivity index (χ2v) is 10.2. The molecule has 2 aromatic rings. The molecule has 4 aliphatic carbocycles. The molecule has 0 spiro atoms. The van der Waals surface area contributed by atoms with Gasteiger partial charge in [-0.2, -0.15) is 0 Å². The molecule has 4 bridgehead atoms. The van der Waals surface area contributed by atoms with Crippen LogP contribution in [0.25, 0.3) is 16.3 Å². The molecule has 7 nitrogen and oxygen atoms in total. The number of carbonyl (C=O) groups excluding carboxylic acids is 1. The minimum absolute atomic E-state index is 0.227. The van der Waals surface area contributed by atoms with Crippen LogP contribution >= 0.6 is 11.3 Å². The molecule has 1 aromatic carbocycles. The molecule has 1 aromatic heterocycles. The lowest BCUT2D eigenvalue weighted by Crippen LogP contribution is -2.65. The second-order valence-electron chi connectivity index (χ2n) is 9.36. The van der Waals surface area contributed by atoms with Crippen LogP contribution in [0.4, 0.5) is 0 Å². The largest absolute Gasteiger partial charge is 0.390 e. The molecule has 1 saturated heterocycles. The predicted molar refractivity (Wildman–Crippen MR) is 110 cm³/mol. The third-order valence-corrected chi connectivity index (χ3v) is 7.52. The first-order valence-corrected chi connectivity index (χ1v) is 10.9. The van der Waals surface area contributed by atoms with E-state index in [1.165, 1.54) is 0 Å². The number of hydrogen-bond acceptors (Lipinski definition) is 6. The fraction of sp³-hybridized carbons (Fsp3) is 0.476. The summed E-state index contributed by atoms with van der Waals surface area (Å²) >= 11 is 1.56. The van der Waals surface area contributed by atoms with Gasteiger partial charge in [-0.1, -0.05) is 6.07 Å². The van der Waals surface area contributed by atoms with E-state index < -0.39 is 16.7 Å². The van der Waals surface area contributed by atoms with Crippen LogP contribution in [0.15, 0.2) is 34.4 Å². The number of hydrogen-bond donors (Lipinski definition) is 4. The lowest BCUT2D eigenvalue weighted by molar-refractivity contribution is -0.204. The van der Waals surface area contributed by atoms with E-state index in [-0.39, 0.29) is 11.8 Å². The van der Waals surface area contributed by atoms with Crippen molar-refractivity contribution < 1.29 is 15.0 Å². The zero-order valence-electron chi connectivity index (χ0n) is 15.8. The minimum Gasteiger partial charge on any atom is -0.390 e. The van der Waals surface area contributed by atoms with Gasteiger partial charge in [-0.3, -0.25) is 10.1 Å². The van der Waals surface area contributed by atoms with E-state index in [9.17, 15) is 15.0 Å². The smallest absolute Gasteiger partial charge is 0.274 e. The van der Waals surface area contributed by atoms with Crippen LogP contribution < -0.4 is 10.6 Å². The highest BCUT2D eigenvalue weighted by atomic mass is 32.1. The summed E-state index contributed by atoms with van der Waals surface area (Å²) in [6.45, 7) is 0. The van der Waals surface area contributed by atoms with Gasteiger partial charge in [-0.15, -0.1) is 11.3 Å². The maximum Gasteiger partial charge on any atom is 0.274 e. The van der Waals surface area contributed by atoms with E-state index in [0.717, 1.165) is 35.0 Å². The highest BCUT2D eigenvalue weighted by Crippen LogP contribution is 2.60. The van der Waals surface area contributed by atoms with Crippen LogP contribution in [0.3, 0.4) is 0 Å². The van der Waals surface area contributed by atoms with Crippen LogP contribution in [0, 0.1) is 5.92 Å². The van der Waals surface area contributed by atoms with Gasteiger partial charge < -0.3 is 15.5 Å². The van der Waals surface area contributed by atoms with Gasteiger partial charge in [0.05, 0.1) is 32.5 Å². The Morgan fingerprint density at radius 2 is 1.93 bits per heavy atom. The number of nitrogens with zero attached hydrogens (tertiary/aromatic N) is 2. The van der Waals surface area contributed by atoms with Crippen LogP contribution in [-0.2, 0) is 4.79 Å². The molecular weight excluding hydrogens is 388 g/mol. The summed E-state index contributed by atoms with van der Waals surface area (Å²) in [4.78, 5) is 21.6. The number of rotatable bonds is 2. The fourth-order valence-electron chi connectivity index (χ4n) is 6.32. The second kappa shape index (κ2) is 5.65. The number of amides is 1. The summed E-state index contributed by atoms with van der Waals surface area (Å²) in [5, 5.41) is 27.8. The maximum atomic E-state index is 12.5. The quantitative estimate of drug-likeness (QED) is 0.566. The standard InChI is InChI=1S/C21H22N4O3S/c26-17-15(3-12-1-2-14-16(4-12)29-11-22-14)23-18(24-17)25-19-5-13-6-20(27,8-19)10-21(28,7-13)9-19/h1-4,11,13,27-28H,5-10H2,(H2,23,24,25,26)/b15-3-. The van der Waals surface area contributed by atoms with Crippen LogP contribution in [0.5, 0.6) is 0 Å². The molecule has 5 fully saturated rings. The summed E-state index contributed by atoms with van der Waals surface area (Å²) in [6, 6.07) is 5.88. The van der Waals surface area contributed by atoms with Crippen molar-refractivity contribution in [1.82, 2.24) is 15.6 Å². The van der Waals surface area contributed by atoms with Gasteiger partial charge in [0.2, 0.25) is 5.96 Å². The summed E-state index contributed by atoms with van der Waals surface area (Å²) in [5.74, 6) is 0.466. The first-order chi connectivity index (χ1) is 13.8. The maximum absolute atomic E-state index is 12.5. The number of thiazole rings is 1. The van der Waals surface area contributed by atoms with Crippen molar-refractivity contribution in [3.05, 3.63) is 35.0 Å². The molecule has 0 radical (unpaired) electrons. The number of guanidine groups is 1. The van der Waals surface area contributed by atoms with E-state index >= 15 is 0 Å². The number of aliphatic imine (C=N–C) groups is 1. The van der Waals surface area contributed by atoms with Gasteiger partial charge in [-0.05, 0) is 49.0 Å². The third-order valence-electron chi connectivity index (χ3n) is 6.73. The van der Waals surface area contributed by atoms with E-state index in [2.05, 4.69) is 15.6 Å². The number of aliphatic hydroxyl groups is 2. The van der Waals surface area contributed by atoms with Crippen LogP contribution in [-0.4, -0.2) is 43.8 Å². The summed E-state index contributed by atoms with van der Waals surface area (Å²) in [7, 11) is 0. The molecule has 2 atom stereocenters. The highest BCUT2D eigenvalue weighted by Gasteiger charge is 2.63.